The molecule has 210 valence electrons. The molecule has 10 heteroatoms. The van der Waals surface area contributed by atoms with Crippen LogP contribution < -0.4 is 10.6 Å². The number of carboxylic acids is 1. The molecule has 4 aromatic rings. The van der Waals surface area contributed by atoms with Gasteiger partial charge in [0.25, 0.3) is 0 Å². The van der Waals surface area contributed by atoms with Crippen LogP contribution in [0.5, 0.6) is 0 Å². The highest BCUT2D eigenvalue weighted by molar-refractivity contribution is 5.96. The highest BCUT2D eigenvalue weighted by Crippen LogP contribution is 2.44. The molecule has 3 N–H and O–H groups in total. The van der Waals surface area contributed by atoms with Crippen LogP contribution in [0.15, 0.2) is 91.3 Å². The number of carbonyl (C=O) groups is 3. The number of nitrogens with zero attached hydrogens (tertiary/aromatic N) is 2. The minimum Gasteiger partial charge on any atom is -0.480 e. The zero-order valence-electron chi connectivity index (χ0n) is 22.4. The molecule has 1 heterocycles. The molecule has 10 nitrogen and oxygen atoms in total. The lowest BCUT2D eigenvalue weighted by Crippen LogP contribution is -2.51. The van der Waals surface area contributed by atoms with Gasteiger partial charge in [0.15, 0.2) is 0 Å². The number of carbonyl (C=O) groups excluding carboxylic acids is 2. The number of alkyl carbamates (subject to hydrolysis) is 1. The Balaban J connectivity index is 1.27. The molecule has 1 aliphatic carbocycles. The zero-order chi connectivity index (χ0) is 28.8. The number of amides is 2. The fraction of sp³-hybridized carbons (Fsp3) is 0.226. The molecule has 2 unspecified atom stereocenters. The largest absolute Gasteiger partial charge is 0.480 e. The molecular formula is C31H30N4O6. The number of hydrogen-bond acceptors (Lipinski definition) is 6. The number of hydrogen-bond donors (Lipinski definition) is 3. The van der Waals surface area contributed by atoms with E-state index in [1.54, 1.807) is 6.92 Å². The summed E-state index contributed by atoms with van der Waals surface area (Å²) in [5.41, 5.74) is 5.57. The zero-order valence-corrected chi connectivity index (χ0v) is 22.4. The summed E-state index contributed by atoms with van der Waals surface area (Å²) < 4.78 is 12.8. The van der Waals surface area contributed by atoms with Crippen molar-refractivity contribution in [2.75, 3.05) is 11.9 Å². The number of rotatable bonds is 11. The highest BCUT2D eigenvalue weighted by atomic mass is 16.5. The number of carboxylic acid groups (broad SMARTS) is 1. The number of anilines is 1. The van der Waals surface area contributed by atoms with E-state index in [4.69, 9.17) is 14.6 Å². The summed E-state index contributed by atoms with van der Waals surface area (Å²) in [6, 6.07) is 24.4. The van der Waals surface area contributed by atoms with Crippen molar-refractivity contribution in [3.63, 3.8) is 0 Å². The Labute approximate surface area is 236 Å². The number of benzene rings is 3. The van der Waals surface area contributed by atoms with E-state index in [1.807, 2.05) is 66.7 Å². The Hall–Kier alpha value is -4.96. The van der Waals surface area contributed by atoms with Crippen LogP contribution in [0.25, 0.3) is 11.1 Å². The second-order valence-corrected chi connectivity index (χ2v) is 9.76. The highest BCUT2D eigenvalue weighted by Gasteiger charge is 2.32. The van der Waals surface area contributed by atoms with Gasteiger partial charge in [-0.05, 0) is 34.7 Å². The van der Waals surface area contributed by atoms with Crippen molar-refractivity contribution in [1.29, 1.82) is 0 Å². The topological polar surface area (TPSA) is 132 Å². The molecule has 2 amide bonds. The third-order valence-corrected chi connectivity index (χ3v) is 6.92. The van der Waals surface area contributed by atoms with Crippen molar-refractivity contribution in [2.24, 2.45) is 0 Å². The van der Waals surface area contributed by atoms with Crippen LogP contribution in [-0.2, 0) is 32.2 Å². The molecule has 0 fully saturated rings. The third-order valence-electron chi connectivity index (χ3n) is 6.92. The molecule has 0 saturated heterocycles. The van der Waals surface area contributed by atoms with Crippen LogP contribution in [0, 0.1) is 0 Å². The maximum atomic E-state index is 13.3. The number of nitrogens with one attached hydrogen (secondary N) is 2. The molecule has 41 heavy (non-hydrogen) atoms. The minimum absolute atomic E-state index is 0.0927. The first-order chi connectivity index (χ1) is 19.9. The lowest BCUT2D eigenvalue weighted by Gasteiger charge is -2.24. The summed E-state index contributed by atoms with van der Waals surface area (Å²) in [7, 11) is 0. The second kappa shape index (κ2) is 12.5. The normalized spacial score (nSPS) is 13.5. The van der Waals surface area contributed by atoms with Crippen LogP contribution in [0.4, 0.5) is 10.5 Å². The van der Waals surface area contributed by atoms with E-state index in [1.165, 1.54) is 17.1 Å². The predicted octanol–water partition coefficient (Wildman–Crippen LogP) is 4.42. The average Bonchev–Trinajstić information content (AvgIpc) is 3.55. The Morgan fingerprint density at radius 1 is 0.951 bits per heavy atom. The smallest absolute Gasteiger partial charge is 0.407 e. The molecule has 0 aliphatic heterocycles. The monoisotopic (exact) mass is 554 g/mol. The molecular weight excluding hydrogens is 524 g/mol. The maximum Gasteiger partial charge on any atom is 0.407 e. The van der Waals surface area contributed by atoms with E-state index in [0.29, 0.717) is 0 Å². The molecule has 1 aromatic heterocycles. The van der Waals surface area contributed by atoms with E-state index in [2.05, 4.69) is 27.9 Å². The third kappa shape index (κ3) is 6.62. The second-order valence-electron chi connectivity index (χ2n) is 9.76. The van der Waals surface area contributed by atoms with E-state index in [-0.39, 0.29) is 31.4 Å². The number of aliphatic carboxylic acids is 1. The summed E-state index contributed by atoms with van der Waals surface area (Å²) >= 11 is 0. The van der Waals surface area contributed by atoms with Gasteiger partial charge in [-0.2, -0.15) is 5.10 Å². The van der Waals surface area contributed by atoms with Gasteiger partial charge in [0, 0.05) is 12.1 Å². The summed E-state index contributed by atoms with van der Waals surface area (Å²) in [4.78, 5) is 37.3. The first kappa shape index (κ1) is 27.6. The van der Waals surface area contributed by atoms with Crippen molar-refractivity contribution < 1.29 is 29.0 Å². The summed E-state index contributed by atoms with van der Waals surface area (Å²) in [6.07, 6.45) is 1.24. The van der Waals surface area contributed by atoms with Crippen LogP contribution in [-0.4, -0.2) is 51.6 Å². The number of aromatic nitrogens is 2. The standard InChI is InChI=1S/C31H30N4O6/c1-20(40-18-21-9-3-2-4-10-21)29(30(38)33-22-15-32-35(16-22)17-28(36)37)34-31(39)41-19-27-25-13-7-5-11-23(25)24-12-6-8-14-26(24)27/h2-16,20,27,29H,17-19H2,1H3,(H,33,38)(H,34,39)(H,36,37). The van der Waals surface area contributed by atoms with Gasteiger partial charge in [-0.1, -0.05) is 78.9 Å². The van der Waals surface area contributed by atoms with E-state index < -0.39 is 30.1 Å². The molecule has 5 rings (SSSR count). The lowest BCUT2D eigenvalue weighted by molar-refractivity contribution is -0.137. The van der Waals surface area contributed by atoms with E-state index in [9.17, 15) is 14.4 Å². The molecule has 0 saturated carbocycles. The van der Waals surface area contributed by atoms with Gasteiger partial charge in [0.05, 0.1) is 24.6 Å². The van der Waals surface area contributed by atoms with Gasteiger partial charge in [-0.25, -0.2) is 4.79 Å². The predicted molar refractivity (Wildman–Crippen MR) is 151 cm³/mol. The van der Waals surface area contributed by atoms with Crippen molar-refractivity contribution >= 4 is 23.7 Å². The number of fused-ring (bicyclic) bond motifs is 3. The SMILES string of the molecule is CC(OCc1ccccc1)C(NC(=O)OCC1c2ccccc2-c2ccccc21)C(=O)Nc1cnn(CC(=O)O)c1. The summed E-state index contributed by atoms with van der Waals surface area (Å²) in [6.45, 7) is 1.66. The molecule has 3 aromatic carbocycles. The van der Waals surface area contributed by atoms with Crippen LogP contribution in [0.2, 0.25) is 0 Å². The fourth-order valence-electron chi connectivity index (χ4n) is 4.93. The quantitative estimate of drug-likeness (QED) is 0.250. The first-order valence-electron chi connectivity index (χ1n) is 13.2. The van der Waals surface area contributed by atoms with E-state index in [0.717, 1.165) is 27.8 Å². The average molecular weight is 555 g/mol. The van der Waals surface area contributed by atoms with Gasteiger partial charge in [-0.3, -0.25) is 14.3 Å². The fourth-order valence-corrected chi connectivity index (χ4v) is 4.93. The molecule has 2 atom stereocenters. The Morgan fingerprint density at radius 3 is 2.24 bits per heavy atom. The van der Waals surface area contributed by atoms with Crippen molar-refractivity contribution in [2.45, 2.75) is 38.1 Å². The molecule has 0 radical (unpaired) electrons. The Bertz CT molecular complexity index is 1490. The van der Waals surface area contributed by atoms with Gasteiger partial charge in [-0.15, -0.1) is 0 Å². The van der Waals surface area contributed by atoms with Crippen molar-refractivity contribution in [3.05, 3.63) is 108 Å². The number of ether oxygens (including phenoxy) is 2. The van der Waals surface area contributed by atoms with Gasteiger partial charge >= 0.3 is 12.1 Å². The van der Waals surface area contributed by atoms with Gasteiger partial charge in [0.1, 0.15) is 19.2 Å². The van der Waals surface area contributed by atoms with E-state index >= 15 is 0 Å². The summed E-state index contributed by atoms with van der Waals surface area (Å²) in [5, 5.41) is 18.3. The van der Waals surface area contributed by atoms with Crippen LogP contribution in [0.3, 0.4) is 0 Å². The van der Waals surface area contributed by atoms with Crippen LogP contribution in [0.1, 0.15) is 29.5 Å². The van der Waals surface area contributed by atoms with Crippen LogP contribution >= 0.6 is 0 Å². The van der Waals surface area contributed by atoms with Gasteiger partial charge in [0.2, 0.25) is 5.91 Å². The summed E-state index contributed by atoms with van der Waals surface area (Å²) in [5.74, 6) is -1.76. The van der Waals surface area contributed by atoms with Crippen molar-refractivity contribution in [3.8, 4) is 11.1 Å². The molecule has 1 aliphatic rings. The van der Waals surface area contributed by atoms with Gasteiger partial charge < -0.3 is 25.2 Å². The Kier molecular flexibility index (Phi) is 8.40. The first-order valence-corrected chi connectivity index (χ1v) is 13.2. The lowest BCUT2D eigenvalue weighted by atomic mass is 9.98. The minimum atomic E-state index is -1.11. The molecule has 0 bridgehead atoms. The maximum absolute atomic E-state index is 13.3. The molecule has 0 spiro atoms. The van der Waals surface area contributed by atoms with Crippen molar-refractivity contribution in [1.82, 2.24) is 15.1 Å². The Morgan fingerprint density at radius 2 is 1.59 bits per heavy atom.